The molecule has 0 saturated heterocycles. The van der Waals surface area contributed by atoms with Gasteiger partial charge in [0.15, 0.2) is 0 Å². The summed E-state index contributed by atoms with van der Waals surface area (Å²) in [5, 5.41) is 31.0. The van der Waals surface area contributed by atoms with Crippen LogP contribution in [-0.2, 0) is 0 Å². The van der Waals surface area contributed by atoms with Crippen LogP contribution in [0.2, 0.25) is 0 Å². The Morgan fingerprint density at radius 3 is 2.77 bits per heavy atom. The second kappa shape index (κ2) is 4.65. The molecule has 2 fully saturated rings. The zero-order valence-electron chi connectivity index (χ0n) is 12.1. The Labute approximate surface area is 127 Å². The van der Waals surface area contributed by atoms with Gasteiger partial charge in [0.25, 0.3) is 0 Å². The number of nitrogen functional groups attached to an aromatic ring is 1. The molecule has 4 rings (SSSR count). The van der Waals surface area contributed by atoms with Crippen LogP contribution in [0.4, 0.5) is 5.82 Å². The zero-order valence-corrected chi connectivity index (χ0v) is 12.1. The van der Waals surface area contributed by atoms with Gasteiger partial charge in [-0.2, -0.15) is 0 Å². The molecule has 1 spiro atoms. The third-order valence-corrected chi connectivity index (χ3v) is 5.51. The minimum absolute atomic E-state index is 0.144. The Morgan fingerprint density at radius 2 is 2.05 bits per heavy atom. The summed E-state index contributed by atoms with van der Waals surface area (Å²) >= 11 is 0. The monoisotopic (exact) mass is 304 g/mol. The lowest BCUT2D eigenvalue weighted by Gasteiger charge is -2.47. The van der Waals surface area contributed by atoms with E-state index in [1.807, 2.05) is 16.8 Å². The Kier molecular flexibility index (Phi) is 2.94. The molecule has 2 aliphatic rings. The molecule has 0 aromatic carbocycles. The lowest BCUT2D eigenvalue weighted by atomic mass is 9.60. The molecular formula is C15H20N4O3. The number of hydrogen-bond donors (Lipinski definition) is 4. The van der Waals surface area contributed by atoms with Crippen LogP contribution < -0.4 is 5.73 Å². The summed E-state index contributed by atoms with van der Waals surface area (Å²) in [5.74, 6) is 0.649. The molecule has 0 aliphatic heterocycles. The number of hydrogen-bond acceptors (Lipinski definition) is 6. The van der Waals surface area contributed by atoms with Crippen LogP contribution >= 0.6 is 0 Å². The molecule has 0 radical (unpaired) electrons. The number of rotatable bonds is 2. The van der Waals surface area contributed by atoms with Crippen LogP contribution in [0.5, 0.6) is 0 Å². The summed E-state index contributed by atoms with van der Waals surface area (Å²) in [6, 6.07) is 1.60. The van der Waals surface area contributed by atoms with Crippen molar-refractivity contribution in [2.75, 3.05) is 12.3 Å². The van der Waals surface area contributed by atoms with Gasteiger partial charge in [0.2, 0.25) is 0 Å². The van der Waals surface area contributed by atoms with Crippen LogP contribution in [-0.4, -0.2) is 48.7 Å². The molecule has 2 heterocycles. The van der Waals surface area contributed by atoms with Crippen LogP contribution in [0.1, 0.15) is 25.3 Å². The van der Waals surface area contributed by atoms with Gasteiger partial charge in [-0.3, -0.25) is 0 Å². The van der Waals surface area contributed by atoms with Gasteiger partial charge >= 0.3 is 0 Å². The van der Waals surface area contributed by atoms with Crippen molar-refractivity contribution < 1.29 is 15.3 Å². The third-order valence-electron chi connectivity index (χ3n) is 5.51. The fourth-order valence-corrected chi connectivity index (χ4v) is 4.38. The maximum Gasteiger partial charge on any atom is 0.145 e. The lowest BCUT2D eigenvalue weighted by Crippen LogP contribution is -2.47. The van der Waals surface area contributed by atoms with Gasteiger partial charge in [0, 0.05) is 18.2 Å². The standard InChI is InChI=1S/C15H20N4O3/c16-13-9-1-2-19(14(9)18-7-17-13)10-5-15(12(22)11(10)21)3-8(4-15)6-20/h1-2,7-8,10-12,20-22H,3-6H2,(H2,16,17,18)/t8?,10-,11+,12+,15?/m1/s1. The SMILES string of the molecule is Nc1ncnc2c1ccn2[C@@H]1CC2(CC(CO)C2)[C@@H](O)[C@H]1O. The van der Waals surface area contributed by atoms with Gasteiger partial charge in [-0.25, -0.2) is 9.97 Å². The van der Waals surface area contributed by atoms with Gasteiger partial charge in [-0.05, 0) is 31.2 Å². The highest BCUT2D eigenvalue weighted by Gasteiger charge is 2.59. The molecule has 0 bridgehead atoms. The topological polar surface area (TPSA) is 117 Å². The van der Waals surface area contributed by atoms with Crippen LogP contribution in [0, 0.1) is 11.3 Å². The summed E-state index contributed by atoms with van der Waals surface area (Å²) in [6.45, 7) is 0.144. The van der Waals surface area contributed by atoms with Gasteiger partial charge in [0.05, 0.1) is 17.5 Å². The Bertz CT molecular complexity index is 710. The van der Waals surface area contributed by atoms with Crippen molar-refractivity contribution in [3.63, 3.8) is 0 Å². The second-order valence-electron chi connectivity index (χ2n) is 6.75. The molecule has 0 unspecified atom stereocenters. The van der Waals surface area contributed by atoms with E-state index in [4.69, 9.17) is 5.73 Å². The van der Waals surface area contributed by atoms with Crippen molar-refractivity contribution in [2.24, 2.45) is 11.3 Å². The summed E-state index contributed by atoms with van der Waals surface area (Å²) in [6.07, 6.45) is 3.84. The average molecular weight is 304 g/mol. The third kappa shape index (κ3) is 1.73. The van der Waals surface area contributed by atoms with Crippen LogP contribution in [0.25, 0.3) is 11.0 Å². The summed E-state index contributed by atoms with van der Waals surface area (Å²) in [5.41, 5.74) is 6.25. The smallest absolute Gasteiger partial charge is 0.145 e. The van der Waals surface area contributed by atoms with E-state index in [0.29, 0.717) is 17.9 Å². The first-order valence-corrected chi connectivity index (χ1v) is 7.60. The number of nitrogens with zero attached hydrogens (tertiary/aromatic N) is 3. The Balaban J connectivity index is 1.69. The number of aliphatic hydroxyl groups excluding tert-OH is 3. The van der Waals surface area contributed by atoms with Crippen molar-refractivity contribution in [1.29, 1.82) is 0 Å². The molecule has 22 heavy (non-hydrogen) atoms. The number of nitrogens with two attached hydrogens (primary N) is 1. The van der Waals surface area contributed by atoms with E-state index in [0.717, 1.165) is 18.2 Å². The first-order valence-electron chi connectivity index (χ1n) is 7.60. The molecule has 2 saturated carbocycles. The van der Waals surface area contributed by atoms with Gasteiger partial charge in [-0.1, -0.05) is 0 Å². The highest BCUT2D eigenvalue weighted by atomic mass is 16.3. The molecule has 2 aliphatic carbocycles. The fraction of sp³-hybridized carbons (Fsp3) is 0.600. The van der Waals surface area contributed by atoms with Crippen molar-refractivity contribution in [3.8, 4) is 0 Å². The molecule has 7 nitrogen and oxygen atoms in total. The van der Waals surface area contributed by atoms with E-state index in [9.17, 15) is 15.3 Å². The first-order chi connectivity index (χ1) is 10.6. The summed E-state index contributed by atoms with van der Waals surface area (Å²) in [4.78, 5) is 8.24. The molecule has 2 aromatic rings. The average Bonchev–Trinajstić information content (AvgIpc) is 3.00. The van der Waals surface area contributed by atoms with E-state index in [2.05, 4.69) is 9.97 Å². The molecular weight excluding hydrogens is 284 g/mol. The van der Waals surface area contributed by atoms with E-state index >= 15 is 0 Å². The number of aliphatic hydroxyl groups is 3. The fourth-order valence-electron chi connectivity index (χ4n) is 4.38. The number of anilines is 1. The van der Waals surface area contributed by atoms with E-state index in [1.165, 1.54) is 6.33 Å². The predicted molar refractivity (Wildman–Crippen MR) is 79.9 cm³/mol. The van der Waals surface area contributed by atoms with E-state index < -0.39 is 12.2 Å². The molecule has 2 aromatic heterocycles. The van der Waals surface area contributed by atoms with Crippen LogP contribution in [0.3, 0.4) is 0 Å². The highest BCUT2D eigenvalue weighted by molar-refractivity contribution is 5.86. The maximum atomic E-state index is 10.5. The first kappa shape index (κ1) is 13.9. The summed E-state index contributed by atoms with van der Waals surface area (Å²) in [7, 11) is 0. The molecule has 7 heteroatoms. The Morgan fingerprint density at radius 1 is 1.27 bits per heavy atom. The minimum Gasteiger partial charge on any atom is -0.396 e. The van der Waals surface area contributed by atoms with Gasteiger partial charge in [0.1, 0.15) is 23.9 Å². The van der Waals surface area contributed by atoms with Crippen molar-refractivity contribution in [2.45, 2.75) is 37.5 Å². The quantitative estimate of drug-likeness (QED) is 0.623. The van der Waals surface area contributed by atoms with Crippen molar-refractivity contribution >= 4 is 16.9 Å². The van der Waals surface area contributed by atoms with Crippen molar-refractivity contribution in [3.05, 3.63) is 18.6 Å². The summed E-state index contributed by atoms with van der Waals surface area (Å²) < 4.78 is 1.89. The van der Waals surface area contributed by atoms with E-state index in [-0.39, 0.29) is 24.0 Å². The normalized spacial score (nSPS) is 37.8. The van der Waals surface area contributed by atoms with Gasteiger partial charge in [-0.15, -0.1) is 0 Å². The van der Waals surface area contributed by atoms with E-state index in [1.54, 1.807) is 0 Å². The van der Waals surface area contributed by atoms with Crippen molar-refractivity contribution in [1.82, 2.24) is 14.5 Å². The zero-order chi connectivity index (χ0) is 15.5. The molecule has 5 N–H and O–H groups in total. The lowest BCUT2D eigenvalue weighted by molar-refractivity contribution is -0.0936. The minimum atomic E-state index is -0.841. The number of fused-ring (bicyclic) bond motifs is 1. The largest absolute Gasteiger partial charge is 0.396 e. The second-order valence-corrected chi connectivity index (χ2v) is 6.75. The molecule has 3 atom stereocenters. The molecule has 0 amide bonds. The number of aromatic nitrogens is 3. The van der Waals surface area contributed by atoms with Crippen LogP contribution in [0.15, 0.2) is 18.6 Å². The highest BCUT2D eigenvalue weighted by Crippen LogP contribution is 2.59. The predicted octanol–water partition coefficient (Wildman–Crippen LogP) is 0.0688. The molecule has 118 valence electrons. The Hall–Kier alpha value is -1.70. The van der Waals surface area contributed by atoms with Gasteiger partial charge < -0.3 is 25.6 Å². The maximum absolute atomic E-state index is 10.5.